The molecule has 1 aromatic carbocycles. The van der Waals surface area contributed by atoms with Crippen LogP contribution in [0.15, 0.2) is 18.2 Å². The van der Waals surface area contributed by atoms with Gasteiger partial charge in [-0.05, 0) is 12.5 Å². The maximum absolute atomic E-state index is 12.1. The molecule has 1 fully saturated rings. The number of benzene rings is 1. The average molecular weight is 351 g/mol. The molecule has 2 amide bonds. The smallest absolute Gasteiger partial charge is 0.326 e. The lowest BCUT2D eigenvalue weighted by Gasteiger charge is -2.18. The molecule has 0 saturated carbocycles. The molecule has 2 rings (SSSR count). The van der Waals surface area contributed by atoms with Crippen LogP contribution in [-0.2, 0) is 20.8 Å². The fraction of sp³-hybridized carbons (Fsp3) is 0.400. The highest BCUT2D eigenvalue weighted by atomic mass is 16.6. The molecule has 0 bridgehead atoms. The number of hydrogen-bond acceptors (Lipinski definition) is 6. The van der Waals surface area contributed by atoms with Crippen LogP contribution in [0.3, 0.4) is 0 Å². The molecule has 0 unspecified atom stereocenters. The van der Waals surface area contributed by atoms with Crippen molar-refractivity contribution in [2.75, 3.05) is 7.11 Å². The summed E-state index contributed by atoms with van der Waals surface area (Å²) >= 11 is 0. The Labute approximate surface area is 142 Å². The van der Waals surface area contributed by atoms with Crippen molar-refractivity contribution < 1.29 is 29.2 Å². The minimum atomic E-state index is -1.32. The standard InChI is InChI=1S/C15H17N3O7/c1-25-12-4-2-9(18(23)24)6-8(12)7-11(15(21)22)17-14(20)10-3-5-13(19)16-10/h2,4,6,10-11H,3,5,7H2,1H3,(H,16,19)(H,17,20)(H,21,22)/t10-,11+/m0/s1. The Kier molecular flexibility index (Phi) is 5.52. The Morgan fingerprint density at radius 3 is 2.76 bits per heavy atom. The number of aliphatic carboxylic acids is 1. The second-order valence-electron chi connectivity index (χ2n) is 5.52. The van der Waals surface area contributed by atoms with Gasteiger partial charge in [0.05, 0.1) is 12.0 Å². The third kappa shape index (κ3) is 4.43. The fourth-order valence-electron chi connectivity index (χ4n) is 2.54. The normalized spacial score (nSPS) is 17.5. The van der Waals surface area contributed by atoms with Crippen LogP contribution in [0, 0.1) is 10.1 Å². The number of nitrogens with one attached hydrogen (secondary N) is 2. The summed E-state index contributed by atoms with van der Waals surface area (Å²) in [7, 11) is 1.35. The van der Waals surface area contributed by atoms with Gasteiger partial charge in [0.2, 0.25) is 11.8 Å². The first-order valence-corrected chi connectivity index (χ1v) is 7.45. The molecule has 25 heavy (non-hydrogen) atoms. The minimum absolute atomic E-state index is 0.202. The van der Waals surface area contributed by atoms with Crippen molar-refractivity contribution in [1.29, 1.82) is 0 Å². The maximum Gasteiger partial charge on any atom is 0.326 e. The summed E-state index contributed by atoms with van der Waals surface area (Å²) in [6.07, 6.45) is 0.290. The fourth-order valence-corrected chi connectivity index (χ4v) is 2.54. The molecule has 10 heteroatoms. The SMILES string of the molecule is COc1ccc([N+](=O)[O-])cc1C[C@@H](NC(=O)[C@@H]1CCC(=O)N1)C(=O)O. The van der Waals surface area contributed by atoms with Gasteiger partial charge in [-0.15, -0.1) is 0 Å². The van der Waals surface area contributed by atoms with E-state index in [0.717, 1.165) is 0 Å². The highest BCUT2D eigenvalue weighted by molar-refractivity contribution is 5.92. The van der Waals surface area contributed by atoms with Gasteiger partial charge in [-0.2, -0.15) is 0 Å². The summed E-state index contributed by atoms with van der Waals surface area (Å²) in [5.41, 5.74) is 0.0641. The van der Waals surface area contributed by atoms with Gasteiger partial charge in [0.15, 0.2) is 0 Å². The number of non-ortho nitro benzene ring substituents is 1. The molecule has 10 nitrogen and oxygen atoms in total. The van der Waals surface area contributed by atoms with Crippen molar-refractivity contribution in [1.82, 2.24) is 10.6 Å². The molecule has 0 aliphatic carbocycles. The molecule has 1 aliphatic heterocycles. The summed E-state index contributed by atoms with van der Waals surface area (Å²) in [5.74, 6) is -1.90. The predicted molar refractivity (Wildman–Crippen MR) is 84.1 cm³/mol. The van der Waals surface area contributed by atoms with E-state index in [0.29, 0.717) is 0 Å². The first-order chi connectivity index (χ1) is 11.8. The molecule has 1 saturated heterocycles. The number of carbonyl (C=O) groups is 3. The lowest BCUT2D eigenvalue weighted by Crippen LogP contribution is -2.49. The van der Waals surface area contributed by atoms with Crippen molar-refractivity contribution in [3.63, 3.8) is 0 Å². The number of carboxylic acids is 1. The number of rotatable bonds is 7. The average Bonchev–Trinajstić information content (AvgIpc) is 3.00. The summed E-state index contributed by atoms with van der Waals surface area (Å²) in [6.45, 7) is 0. The zero-order valence-corrected chi connectivity index (χ0v) is 13.4. The Bertz CT molecular complexity index is 719. The Morgan fingerprint density at radius 1 is 1.52 bits per heavy atom. The monoisotopic (exact) mass is 351 g/mol. The zero-order chi connectivity index (χ0) is 18.6. The van der Waals surface area contributed by atoms with Gasteiger partial charge >= 0.3 is 5.97 Å². The van der Waals surface area contributed by atoms with Crippen molar-refractivity contribution >= 4 is 23.5 Å². The van der Waals surface area contributed by atoms with Crippen molar-refractivity contribution in [3.8, 4) is 5.75 Å². The van der Waals surface area contributed by atoms with Crippen LogP contribution in [0.5, 0.6) is 5.75 Å². The van der Waals surface area contributed by atoms with Gasteiger partial charge in [-0.3, -0.25) is 19.7 Å². The van der Waals surface area contributed by atoms with Crippen LogP contribution in [0.4, 0.5) is 5.69 Å². The minimum Gasteiger partial charge on any atom is -0.496 e. The van der Waals surface area contributed by atoms with Gasteiger partial charge < -0.3 is 20.5 Å². The van der Waals surface area contributed by atoms with E-state index in [-0.39, 0.29) is 42.2 Å². The molecule has 0 radical (unpaired) electrons. The number of methoxy groups -OCH3 is 1. The highest BCUT2D eigenvalue weighted by Gasteiger charge is 2.31. The van der Waals surface area contributed by atoms with Gasteiger partial charge in [-0.25, -0.2) is 4.79 Å². The van der Waals surface area contributed by atoms with E-state index in [4.69, 9.17) is 4.74 Å². The number of nitro benzene ring substituents is 1. The van der Waals surface area contributed by atoms with Crippen LogP contribution in [0.1, 0.15) is 18.4 Å². The van der Waals surface area contributed by atoms with E-state index in [9.17, 15) is 29.6 Å². The number of amides is 2. The second-order valence-corrected chi connectivity index (χ2v) is 5.52. The summed E-state index contributed by atoms with van der Waals surface area (Å²) in [5, 5.41) is 25.0. The van der Waals surface area contributed by atoms with Crippen LogP contribution >= 0.6 is 0 Å². The molecule has 1 heterocycles. The van der Waals surface area contributed by atoms with Crippen molar-refractivity contribution in [2.45, 2.75) is 31.3 Å². The van der Waals surface area contributed by atoms with Crippen LogP contribution in [-0.4, -0.2) is 47.0 Å². The van der Waals surface area contributed by atoms with E-state index >= 15 is 0 Å². The molecule has 0 spiro atoms. The van der Waals surface area contributed by atoms with E-state index < -0.39 is 28.9 Å². The van der Waals surface area contributed by atoms with Gasteiger partial charge in [-0.1, -0.05) is 0 Å². The number of nitro groups is 1. The molecule has 1 aliphatic rings. The van der Waals surface area contributed by atoms with E-state index in [1.807, 2.05) is 0 Å². The number of carbonyl (C=O) groups excluding carboxylic acids is 2. The van der Waals surface area contributed by atoms with E-state index in [2.05, 4.69) is 10.6 Å². The molecule has 2 atom stereocenters. The molecule has 134 valence electrons. The number of ether oxygens (including phenoxy) is 1. The van der Waals surface area contributed by atoms with Crippen LogP contribution < -0.4 is 15.4 Å². The molecule has 1 aromatic rings. The second kappa shape index (κ2) is 7.60. The van der Waals surface area contributed by atoms with Crippen LogP contribution in [0.25, 0.3) is 0 Å². The van der Waals surface area contributed by atoms with Gasteiger partial charge in [0.1, 0.15) is 17.8 Å². The Morgan fingerprint density at radius 2 is 2.24 bits per heavy atom. The van der Waals surface area contributed by atoms with Crippen molar-refractivity contribution in [3.05, 3.63) is 33.9 Å². The lowest BCUT2D eigenvalue weighted by atomic mass is 10.0. The topological polar surface area (TPSA) is 148 Å². The largest absolute Gasteiger partial charge is 0.496 e. The number of nitrogens with zero attached hydrogens (tertiary/aromatic N) is 1. The quantitative estimate of drug-likeness (QED) is 0.462. The van der Waals surface area contributed by atoms with E-state index in [1.54, 1.807) is 0 Å². The summed E-state index contributed by atoms with van der Waals surface area (Å²) in [6, 6.07) is 1.72. The molecular formula is C15H17N3O7. The molecule has 3 N–H and O–H groups in total. The van der Waals surface area contributed by atoms with Gasteiger partial charge in [0, 0.05) is 30.5 Å². The molecule has 0 aromatic heterocycles. The third-order valence-corrected chi connectivity index (χ3v) is 3.83. The van der Waals surface area contributed by atoms with E-state index in [1.165, 1.54) is 25.3 Å². The van der Waals surface area contributed by atoms with Gasteiger partial charge in [0.25, 0.3) is 5.69 Å². The first-order valence-electron chi connectivity index (χ1n) is 7.45. The summed E-state index contributed by atoms with van der Waals surface area (Å²) < 4.78 is 5.09. The number of hydrogen-bond donors (Lipinski definition) is 3. The Hall–Kier alpha value is -3.17. The molecular weight excluding hydrogens is 334 g/mol. The Balaban J connectivity index is 2.17. The lowest BCUT2D eigenvalue weighted by molar-refractivity contribution is -0.384. The highest BCUT2D eigenvalue weighted by Crippen LogP contribution is 2.25. The first kappa shape index (κ1) is 18.2. The predicted octanol–water partition coefficient (Wildman–Crippen LogP) is -0.00610. The maximum atomic E-state index is 12.1. The number of carboxylic acid groups (broad SMARTS) is 1. The van der Waals surface area contributed by atoms with Crippen molar-refractivity contribution in [2.24, 2.45) is 0 Å². The third-order valence-electron chi connectivity index (χ3n) is 3.83. The van der Waals surface area contributed by atoms with Crippen LogP contribution in [0.2, 0.25) is 0 Å². The summed E-state index contributed by atoms with van der Waals surface area (Å²) in [4.78, 5) is 45.0. The zero-order valence-electron chi connectivity index (χ0n) is 13.4.